The van der Waals surface area contributed by atoms with Gasteiger partial charge in [0.05, 0.1) is 29.0 Å². The van der Waals surface area contributed by atoms with Gasteiger partial charge in [0.25, 0.3) is 15.8 Å². The Morgan fingerprint density at radius 1 is 1.14 bits per heavy atom. The fraction of sp³-hybridized carbons (Fsp3) is 0.667. The summed E-state index contributed by atoms with van der Waals surface area (Å²) in [4.78, 5) is 12.3. The van der Waals surface area contributed by atoms with E-state index in [9.17, 15) is 40.1 Å². The van der Waals surface area contributed by atoms with Crippen molar-refractivity contribution >= 4 is 47.4 Å². The maximum Gasteiger partial charge on any atom is 0.418 e. The molecule has 0 bridgehead atoms. The molecule has 0 spiro atoms. The largest absolute Gasteiger partial charge is 0.418 e. The summed E-state index contributed by atoms with van der Waals surface area (Å²) in [5, 5.41) is 11.5. The Labute approximate surface area is 210 Å². The Kier molecular flexibility index (Phi) is 9.91. The number of nitrogens with zero attached hydrogens (tertiary/aromatic N) is 4. The number of non-ortho nitro benzene ring substituents is 1. The molecule has 35 heavy (non-hydrogen) atoms. The van der Waals surface area contributed by atoms with Crippen LogP contribution in [0, 0.1) is 10.1 Å². The number of alkyl halides is 4. The Morgan fingerprint density at radius 3 is 2.34 bits per heavy atom. The Hall–Kier alpha value is -1.53. The molecule has 1 aromatic carbocycles. The summed E-state index contributed by atoms with van der Waals surface area (Å²) in [5.74, 6) is 0. The summed E-state index contributed by atoms with van der Waals surface area (Å²) in [7, 11) is -6.75. The first-order valence-electron chi connectivity index (χ1n) is 10.3. The first-order valence-corrected chi connectivity index (χ1v) is 14.7. The second-order valence-electron chi connectivity index (χ2n) is 7.86. The second kappa shape index (κ2) is 11.7. The van der Waals surface area contributed by atoms with Gasteiger partial charge in [0, 0.05) is 50.2 Å². The van der Waals surface area contributed by atoms with Crippen molar-refractivity contribution in [1.82, 2.24) is 9.21 Å². The molecule has 1 aliphatic heterocycles. The monoisotopic (exact) mass is 610 g/mol. The van der Waals surface area contributed by atoms with Crippen LogP contribution in [0.15, 0.2) is 17.0 Å². The van der Waals surface area contributed by atoms with Crippen LogP contribution >= 0.6 is 15.9 Å². The van der Waals surface area contributed by atoms with Gasteiger partial charge >= 0.3 is 6.18 Å². The van der Waals surface area contributed by atoms with E-state index < -0.39 is 66.2 Å². The zero-order valence-electron chi connectivity index (χ0n) is 19.0. The van der Waals surface area contributed by atoms with Crippen molar-refractivity contribution in [1.29, 1.82) is 0 Å². The molecule has 0 amide bonds. The van der Waals surface area contributed by atoms with Crippen molar-refractivity contribution in [2.24, 2.45) is 0 Å². The fourth-order valence-electron chi connectivity index (χ4n) is 3.58. The molecular formula is C18H26BrF3N4O7S2. The minimum absolute atomic E-state index is 0.0159. The quantitative estimate of drug-likeness (QED) is 0.169. The molecule has 0 N–H and O–H groups in total. The molecular weight excluding hydrogens is 585 g/mol. The number of benzene rings is 1. The Morgan fingerprint density at radius 2 is 1.80 bits per heavy atom. The number of nitro groups is 1. The lowest BCUT2D eigenvalue weighted by Gasteiger charge is -2.30. The number of anilines is 1. The molecule has 1 saturated heterocycles. The third-order valence-electron chi connectivity index (χ3n) is 5.20. The normalized spacial score (nSPS) is 16.7. The number of sulfonamides is 1. The van der Waals surface area contributed by atoms with Gasteiger partial charge in [0.2, 0.25) is 10.0 Å². The smallest absolute Gasteiger partial charge is 0.367 e. The number of halogens is 4. The van der Waals surface area contributed by atoms with Gasteiger partial charge in [0.1, 0.15) is 4.90 Å². The van der Waals surface area contributed by atoms with E-state index >= 15 is 0 Å². The van der Waals surface area contributed by atoms with E-state index in [-0.39, 0.29) is 31.0 Å². The first-order chi connectivity index (χ1) is 16.1. The maximum atomic E-state index is 14.1. The summed E-state index contributed by atoms with van der Waals surface area (Å²) >= 11 is 3.10. The van der Waals surface area contributed by atoms with Crippen LogP contribution in [-0.2, 0) is 30.5 Å². The van der Waals surface area contributed by atoms with Crippen LogP contribution in [0.5, 0.6) is 0 Å². The SMILES string of the molecule is CN1CCCN(S(=O)(=O)c2cc([N+](=O)[O-])cc(C(F)(F)F)c2N(CCBr)CCOS(C)(=O)=O)CC1. The van der Waals surface area contributed by atoms with Crippen molar-refractivity contribution in [3.05, 3.63) is 27.8 Å². The zero-order chi connectivity index (χ0) is 26.6. The predicted molar refractivity (Wildman–Crippen MR) is 126 cm³/mol. The summed E-state index contributed by atoms with van der Waals surface area (Å²) in [6.45, 7) is -0.259. The molecule has 0 unspecified atom stereocenters. The molecule has 17 heteroatoms. The van der Waals surface area contributed by atoms with Gasteiger partial charge in [-0.2, -0.15) is 25.9 Å². The first kappa shape index (κ1) is 29.7. The number of hydrogen-bond donors (Lipinski definition) is 0. The third kappa shape index (κ3) is 7.98. The molecule has 0 atom stereocenters. The average molecular weight is 611 g/mol. The molecule has 1 heterocycles. The van der Waals surface area contributed by atoms with Crippen molar-refractivity contribution in [3.8, 4) is 0 Å². The van der Waals surface area contributed by atoms with Crippen molar-refractivity contribution in [3.63, 3.8) is 0 Å². The van der Waals surface area contributed by atoms with Gasteiger partial charge in [-0.25, -0.2) is 8.42 Å². The van der Waals surface area contributed by atoms with E-state index in [4.69, 9.17) is 0 Å². The minimum Gasteiger partial charge on any atom is -0.367 e. The fourth-order valence-corrected chi connectivity index (χ4v) is 6.10. The second-order valence-corrected chi connectivity index (χ2v) is 12.2. The van der Waals surface area contributed by atoms with Crippen LogP contribution in [0.25, 0.3) is 0 Å². The van der Waals surface area contributed by atoms with E-state index in [1.54, 1.807) is 7.05 Å². The van der Waals surface area contributed by atoms with Crippen molar-refractivity contribution in [2.45, 2.75) is 17.5 Å². The molecule has 0 aliphatic carbocycles. The average Bonchev–Trinajstić information content (AvgIpc) is 2.95. The van der Waals surface area contributed by atoms with Crippen LogP contribution in [-0.4, -0.2) is 95.5 Å². The summed E-state index contributed by atoms with van der Waals surface area (Å²) in [6.07, 6.45) is -3.96. The summed E-state index contributed by atoms with van der Waals surface area (Å²) in [6, 6.07) is 0.899. The number of hydrogen-bond acceptors (Lipinski definition) is 9. The van der Waals surface area contributed by atoms with Gasteiger partial charge < -0.3 is 9.80 Å². The highest BCUT2D eigenvalue weighted by molar-refractivity contribution is 9.09. The van der Waals surface area contributed by atoms with Gasteiger partial charge in [-0.1, -0.05) is 15.9 Å². The van der Waals surface area contributed by atoms with Gasteiger partial charge in [0.15, 0.2) is 0 Å². The maximum absolute atomic E-state index is 14.1. The topological polar surface area (TPSA) is 130 Å². The highest BCUT2D eigenvalue weighted by Crippen LogP contribution is 2.43. The summed E-state index contributed by atoms with van der Waals surface area (Å²) < 4.78 is 97.9. The minimum atomic E-state index is -5.15. The molecule has 0 radical (unpaired) electrons. The van der Waals surface area contributed by atoms with Crippen LogP contribution in [0.3, 0.4) is 0 Å². The van der Waals surface area contributed by atoms with Gasteiger partial charge in [-0.3, -0.25) is 14.3 Å². The molecule has 0 saturated carbocycles. The lowest BCUT2D eigenvalue weighted by atomic mass is 10.1. The van der Waals surface area contributed by atoms with E-state index in [2.05, 4.69) is 20.1 Å². The van der Waals surface area contributed by atoms with E-state index in [0.717, 1.165) is 15.5 Å². The van der Waals surface area contributed by atoms with Gasteiger partial charge in [-0.05, 0) is 20.0 Å². The molecule has 1 aromatic rings. The van der Waals surface area contributed by atoms with Crippen LogP contribution in [0.2, 0.25) is 0 Å². The highest BCUT2D eigenvalue weighted by atomic mass is 79.9. The third-order valence-corrected chi connectivity index (χ3v) is 8.06. The van der Waals surface area contributed by atoms with E-state index in [1.807, 2.05) is 4.90 Å². The molecule has 1 fully saturated rings. The Bertz CT molecular complexity index is 1130. The lowest BCUT2D eigenvalue weighted by molar-refractivity contribution is -0.385. The Balaban J connectivity index is 2.76. The predicted octanol–water partition coefficient (Wildman–Crippen LogP) is 2.12. The van der Waals surface area contributed by atoms with Crippen LogP contribution < -0.4 is 4.90 Å². The lowest BCUT2D eigenvalue weighted by Crippen LogP contribution is -2.38. The van der Waals surface area contributed by atoms with E-state index in [0.29, 0.717) is 25.6 Å². The number of likely N-dealkylation sites (N-methyl/N-ethyl adjacent to an activating group) is 1. The highest BCUT2D eigenvalue weighted by Gasteiger charge is 2.42. The van der Waals surface area contributed by atoms with Crippen molar-refractivity contribution in [2.75, 3.05) is 69.4 Å². The standard InChI is InChI=1S/C18H26BrF3N4O7S2/c1-23-5-3-6-25(9-8-23)35(31,32)16-13-14(26(27)28)12-15(18(20,21)22)17(16)24(7-4-19)10-11-33-34(2,29)30/h12-13H,3-11H2,1-2H3. The molecule has 2 rings (SSSR count). The van der Waals surface area contributed by atoms with Gasteiger partial charge in [-0.15, -0.1) is 0 Å². The molecule has 200 valence electrons. The molecule has 11 nitrogen and oxygen atoms in total. The molecule has 1 aliphatic rings. The van der Waals surface area contributed by atoms with Crippen LogP contribution in [0.4, 0.5) is 24.5 Å². The summed E-state index contributed by atoms with van der Waals surface area (Å²) in [5.41, 5.74) is -3.34. The van der Waals surface area contributed by atoms with Crippen LogP contribution in [0.1, 0.15) is 12.0 Å². The molecule has 0 aromatic heterocycles. The number of rotatable bonds is 10. The van der Waals surface area contributed by atoms with E-state index in [1.165, 1.54) is 0 Å². The number of nitro benzene ring substituents is 1. The van der Waals surface area contributed by atoms with Crippen molar-refractivity contribution < 1.29 is 39.1 Å². The zero-order valence-corrected chi connectivity index (χ0v) is 22.2.